The van der Waals surface area contributed by atoms with Crippen molar-refractivity contribution in [1.82, 2.24) is 0 Å². The first kappa shape index (κ1) is 14.6. The molecule has 0 atom stereocenters. The molecule has 18 heavy (non-hydrogen) atoms. The maximum absolute atomic E-state index is 11.3. The lowest BCUT2D eigenvalue weighted by Crippen LogP contribution is -2.40. The Kier molecular flexibility index (Phi) is 4.11. The molecule has 0 aliphatic heterocycles. The van der Waals surface area contributed by atoms with E-state index in [4.69, 9.17) is 0 Å². The highest BCUT2D eigenvalue weighted by Gasteiger charge is 2.30. The number of nitrogens with zero attached hydrogens (tertiary/aromatic N) is 2. The number of hydrogen-bond donors (Lipinski definition) is 0. The van der Waals surface area contributed by atoms with Gasteiger partial charge in [-0.25, -0.2) is 0 Å². The lowest BCUT2D eigenvalue weighted by atomic mass is 10.0. The van der Waals surface area contributed by atoms with Gasteiger partial charge in [0.2, 0.25) is 0 Å². The second-order valence-electron chi connectivity index (χ2n) is 4.84. The summed E-state index contributed by atoms with van der Waals surface area (Å²) in [5.41, 5.74) is -0.182. The number of hydrogen-bond acceptors (Lipinski definition) is 5. The van der Waals surface area contributed by atoms with Crippen LogP contribution in [0.3, 0.4) is 0 Å². The number of carbonyl (C=O) groups is 1. The lowest BCUT2D eigenvalue weighted by molar-refractivity contribution is -0.383. The Hall–Kier alpha value is -1.43. The van der Waals surface area contributed by atoms with Crippen LogP contribution < -0.4 is 4.90 Å². The zero-order valence-corrected chi connectivity index (χ0v) is 12.1. The van der Waals surface area contributed by atoms with Crippen molar-refractivity contribution in [2.75, 3.05) is 11.9 Å². The Labute approximate surface area is 111 Å². The number of thiophene rings is 1. The highest BCUT2D eigenvalue weighted by molar-refractivity contribution is 7.18. The molecule has 5 nitrogen and oxygen atoms in total. The van der Waals surface area contributed by atoms with E-state index in [1.54, 1.807) is 0 Å². The first-order valence-corrected chi connectivity index (χ1v) is 6.55. The molecule has 1 aromatic rings. The monoisotopic (exact) mass is 270 g/mol. The summed E-state index contributed by atoms with van der Waals surface area (Å²) in [5, 5.41) is 11.6. The van der Waals surface area contributed by atoms with Crippen LogP contribution in [0.1, 0.15) is 43.8 Å². The Morgan fingerprint density at radius 2 is 2.11 bits per heavy atom. The van der Waals surface area contributed by atoms with Gasteiger partial charge in [-0.05, 0) is 27.2 Å². The van der Waals surface area contributed by atoms with Crippen molar-refractivity contribution < 1.29 is 9.72 Å². The van der Waals surface area contributed by atoms with Gasteiger partial charge in [0.25, 0.3) is 0 Å². The molecule has 0 aromatic carbocycles. The fourth-order valence-corrected chi connectivity index (χ4v) is 2.57. The fourth-order valence-electron chi connectivity index (χ4n) is 1.43. The number of ketones is 1. The van der Waals surface area contributed by atoms with E-state index in [-0.39, 0.29) is 17.0 Å². The maximum Gasteiger partial charge on any atom is 0.304 e. The van der Waals surface area contributed by atoms with Gasteiger partial charge in [-0.3, -0.25) is 14.9 Å². The third kappa shape index (κ3) is 2.69. The van der Waals surface area contributed by atoms with Crippen LogP contribution in [0.5, 0.6) is 0 Å². The first-order chi connectivity index (χ1) is 8.20. The lowest BCUT2D eigenvalue weighted by Gasteiger charge is -2.35. The van der Waals surface area contributed by atoms with Gasteiger partial charge in [0, 0.05) is 18.7 Å². The molecule has 0 bridgehead atoms. The Balaban J connectivity index is 3.30. The second-order valence-corrected chi connectivity index (χ2v) is 5.87. The second kappa shape index (κ2) is 5.06. The summed E-state index contributed by atoms with van der Waals surface area (Å²) in [6.45, 7) is 7.49. The van der Waals surface area contributed by atoms with Crippen molar-refractivity contribution in [2.45, 2.75) is 39.7 Å². The number of carbonyl (C=O) groups excluding carboxylic acids is 1. The zero-order chi connectivity index (χ0) is 14.1. The topological polar surface area (TPSA) is 63.5 Å². The normalized spacial score (nSPS) is 11.4. The van der Waals surface area contributed by atoms with E-state index in [1.165, 1.54) is 24.3 Å². The van der Waals surface area contributed by atoms with E-state index < -0.39 is 4.92 Å². The average Bonchev–Trinajstić information content (AvgIpc) is 2.72. The van der Waals surface area contributed by atoms with E-state index in [0.29, 0.717) is 9.88 Å². The smallest absolute Gasteiger partial charge is 0.304 e. The van der Waals surface area contributed by atoms with Crippen molar-refractivity contribution in [1.29, 1.82) is 0 Å². The van der Waals surface area contributed by atoms with Crippen LogP contribution in [0, 0.1) is 10.1 Å². The molecule has 0 radical (unpaired) electrons. The minimum atomic E-state index is -0.430. The molecule has 100 valence electrons. The third-order valence-electron chi connectivity index (χ3n) is 3.32. The van der Waals surface area contributed by atoms with Crippen LogP contribution >= 0.6 is 11.3 Å². The van der Waals surface area contributed by atoms with Gasteiger partial charge in [0.05, 0.1) is 9.80 Å². The molecule has 0 aliphatic carbocycles. The summed E-state index contributed by atoms with van der Waals surface area (Å²) in [6.07, 6.45) is 0.855. The fraction of sp³-hybridized carbons (Fsp3) is 0.583. The maximum atomic E-state index is 11.3. The van der Waals surface area contributed by atoms with Crippen molar-refractivity contribution in [2.24, 2.45) is 0 Å². The van der Waals surface area contributed by atoms with E-state index in [0.717, 1.165) is 6.42 Å². The molecule has 0 amide bonds. The number of Topliss-reactive ketones (excluding diaryl/α,β-unsaturated/α-hetero) is 1. The van der Waals surface area contributed by atoms with Gasteiger partial charge in [0.15, 0.2) is 10.8 Å². The van der Waals surface area contributed by atoms with Gasteiger partial charge in [-0.2, -0.15) is 0 Å². The molecule has 1 heterocycles. The van der Waals surface area contributed by atoms with Gasteiger partial charge < -0.3 is 4.90 Å². The highest BCUT2D eigenvalue weighted by Crippen LogP contribution is 2.40. The van der Waals surface area contributed by atoms with Gasteiger partial charge in [-0.1, -0.05) is 6.92 Å². The molecule has 0 saturated heterocycles. The summed E-state index contributed by atoms with van der Waals surface area (Å²) in [6, 6.07) is 1.37. The summed E-state index contributed by atoms with van der Waals surface area (Å²) >= 11 is 1.18. The predicted octanol–water partition coefficient (Wildman–Crippen LogP) is 3.48. The predicted molar refractivity (Wildman–Crippen MR) is 73.8 cm³/mol. The Morgan fingerprint density at radius 1 is 1.56 bits per heavy atom. The van der Waals surface area contributed by atoms with Crippen LogP contribution in [0.2, 0.25) is 0 Å². The average molecular weight is 270 g/mol. The minimum Gasteiger partial charge on any atom is -0.356 e. The van der Waals surface area contributed by atoms with Crippen molar-refractivity contribution >= 4 is 27.8 Å². The van der Waals surface area contributed by atoms with E-state index in [9.17, 15) is 14.9 Å². The summed E-state index contributed by atoms with van der Waals surface area (Å²) in [5.74, 6) is -0.142. The van der Waals surface area contributed by atoms with E-state index >= 15 is 0 Å². The van der Waals surface area contributed by atoms with Gasteiger partial charge in [0.1, 0.15) is 0 Å². The number of rotatable bonds is 5. The molecule has 0 fully saturated rings. The van der Waals surface area contributed by atoms with Crippen molar-refractivity contribution in [3.05, 3.63) is 21.1 Å². The van der Waals surface area contributed by atoms with Crippen LogP contribution in [0.15, 0.2) is 6.07 Å². The Morgan fingerprint density at radius 3 is 2.50 bits per heavy atom. The molecule has 0 saturated carbocycles. The van der Waals surface area contributed by atoms with Crippen molar-refractivity contribution in [3.8, 4) is 0 Å². The van der Waals surface area contributed by atoms with Gasteiger partial charge in [-0.15, -0.1) is 11.3 Å². The molecule has 6 heteroatoms. The number of anilines is 1. The van der Waals surface area contributed by atoms with Crippen LogP contribution in [-0.4, -0.2) is 23.3 Å². The summed E-state index contributed by atoms with van der Waals surface area (Å²) < 4.78 is 0. The van der Waals surface area contributed by atoms with E-state index in [1.807, 2.05) is 32.7 Å². The summed E-state index contributed by atoms with van der Waals surface area (Å²) in [4.78, 5) is 24.3. The highest BCUT2D eigenvalue weighted by atomic mass is 32.1. The molecule has 0 spiro atoms. The standard InChI is InChI=1S/C12H18N2O3S/c1-6-12(3,4)13(5)11-9(14(16)17)7-10(18-11)8(2)15/h7H,6H2,1-5H3. The van der Waals surface area contributed by atoms with Crippen LogP contribution in [0.25, 0.3) is 0 Å². The molecule has 0 aliphatic rings. The molecular weight excluding hydrogens is 252 g/mol. The van der Waals surface area contributed by atoms with Gasteiger partial charge >= 0.3 is 5.69 Å². The minimum absolute atomic E-state index is 0.00854. The first-order valence-electron chi connectivity index (χ1n) is 5.73. The Bertz CT molecular complexity index is 480. The molecule has 0 unspecified atom stereocenters. The number of nitro groups is 1. The largest absolute Gasteiger partial charge is 0.356 e. The quantitative estimate of drug-likeness (QED) is 0.467. The van der Waals surface area contributed by atoms with Crippen LogP contribution in [0.4, 0.5) is 10.7 Å². The SMILES string of the molecule is CCC(C)(C)N(C)c1sc(C(C)=O)cc1[N+](=O)[O-]. The van der Waals surface area contributed by atoms with Crippen molar-refractivity contribution in [3.63, 3.8) is 0 Å². The molecule has 0 N–H and O–H groups in total. The molecule has 1 aromatic heterocycles. The summed E-state index contributed by atoms with van der Waals surface area (Å²) in [7, 11) is 1.83. The van der Waals surface area contributed by atoms with E-state index in [2.05, 4.69) is 0 Å². The molecular formula is C12H18N2O3S. The zero-order valence-electron chi connectivity index (χ0n) is 11.3. The third-order valence-corrected chi connectivity index (χ3v) is 4.62. The van der Waals surface area contributed by atoms with Crippen LogP contribution in [-0.2, 0) is 0 Å². The molecule has 1 rings (SSSR count).